The summed E-state index contributed by atoms with van der Waals surface area (Å²) in [4.78, 5) is 119. The van der Waals surface area contributed by atoms with Crippen LogP contribution in [0.2, 0.25) is 0 Å². The number of carboxylic acids is 5. The zero-order valence-electron chi connectivity index (χ0n) is 35.6. The third-order valence-corrected chi connectivity index (χ3v) is 10.5. The second kappa shape index (κ2) is 33.1. The monoisotopic (exact) mass is 854 g/mol. The molecule has 17 nitrogen and oxygen atoms in total. The van der Waals surface area contributed by atoms with E-state index in [1.54, 1.807) is 13.8 Å². The molecule has 0 aromatic carbocycles. The van der Waals surface area contributed by atoms with E-state index in [9.17, 15) is 68.4 Å². The molecule has 0 aliphatic rings. The lowest BCUT2D eigenvalue weighted by Gasteiger charge is -2.17. The number of hydrogen-bond donors (Lipinski definition) is 7. The van der Waals surface area contributed by atoms with Crippen molar-refractivity contribution in [3.63, 3.8) is 0 Å². The highest BCUT2D eigenvalue weighted by atomic mass is 16.4. The van der Waals surface area contributed by atoms with Gasteiger partial charge in [-0.25, -0.2) is 9.59 Å². The van der Waals surface area contributed by atoms with Gasteiger partial charge in [0, 0.05) is 57.3 Å². The molecule has 4 atom stereocenters. The highest BCUT2D eigenvalue weighted by Gasteiger charge is 2.28. The molecule has 0 aliphatic heterocycles. The van der Waals surface area contributed by atoms with Gasteiger partial charge in [-0.15, -0.1) is 0 Å². The second-order valence-electron chi connectivity index (χ2n) is 16.1. The van der Waals surface area contributed by atoms with Crippen LogP contribution in [-0.4, -0.2) is 96.6 Å². The SMILES string of the molecule is CC(C)C(=O)CC[C@H](NC(=O)CC[C@H](CC(=O)CC[C@H](NC(=O)CC[C@H](CC(=O)CCCCCCCCCCCCCCCCC(=O)O)C(=O)O)C(=O)O)C(=O)O)C(=O)O. The van der Waals surface area contributed by atoms with Gasteiger partial charge in [0.05, 0.1) is 11.8 Å². The summed E-state index contributed by atoms with van der Waals surface area (Å²) in [5.74, 6) is -11.6. The Morgan fingerprint density at radius 3 is 1.05 bits per heavy atom. The van der Waals surface area contributed by atoms with Gasteiger partial charge in [0.2, 0.25) is 11.8 Å². The highest BCUT2D eigenvalue weighted by Crippen LogP contribution is 2.19. The predicted octanol–water partition coefficient (Wildman–Crippen LogP) is 6.12. The molecule has 7 N–H and O–H groups in total. The maximum atomic E-state index is 12.6. The lowest BCUT2D eigenvalue weighted by molar-refractivity contribution is -0.145. The lowest BCUT2D eigenvalue weighted by atomic mass is 9.93. The molecule has 0 aromatic rings. The van der Waals surface area contributed by atoms with Crippen molar-refractivity contribution >= 4 is 59.0 Å². The number of carbonyl (C=O) groups excluding carboxylic acids is 5. The zero-order valence-corrected chi connectivity index (χ0v) is 35.6. The Hall–Kier alpha value is -4.70. The van der Waals surface area contributed by atoms with Gasteiger partial charge in [-0.3, -0.25) is 38.4 Å². The molecule has 0 heterocycles. The predicted molar refractivity (Wildman–Crippen MR) is 219 cm³/mol. The first-order valence-corrected chi connectivity index (χ1v) is 21.6. The Labute approximate surface area is 353 Å². The summed E-state index contributed by atoms with van der Waals surface area (Å²) in [6, 6.07) is -2.89. The molecule has 0 saturated carbocycles. The van der Waals surface area contributed by atoms with Crippen LogP contribution in [0, 0.1) is 17.8 Å². The van der Waals surface area contributed by atoms with E-state index in [-0.39, 0.29) is 75.3 Å². The van der Waals surface area contributed by atoms with E-state index in [0.717, 1.165) is 57.8 Å². The number of rotatable bonds is 40. The lowest BCUT2D eigenvalue weighted by Crippen LogP contribution is -2.41. The zero-order chi connectivity index (χ0) is 45.5. The van der Waals surface area contributed by atoms with Crippen molar-refractivity contribution in [1.82, 2.24) is 10.6 Å². The van der Waals surface area contributed by atoms with Crippen molar-refractivity contribution in [3.8, 4) is 0 Å². The van der Waals surface area contributed by atoms with Crippen LogP contribution in [0.25, 0.3) is 0 Å². The second-order valence-corrected chi connectivity index (χ2v) is 16.1. The molecule has 0 saturated heterocycles. The normalized spacial score (nSPS) is 13.1. The number of unbranched alkanes of at least 4 members (excludes halogenated alkanes) is 13. The summed E-state index contributed by atoms with van der Waals surface area (Å²) < 4.78 is 0. The van der Waals surface area contributed by atoms with Gasteiger partial charge in [0.25, 0.3) is 0 Å². The number of aliphatic carboxylic acids is 5. The fourth-order valence-electron chi connectivity index (χ4n) is 6.64. The first-order chi connectivity index (χ1) is 28.3. The Morgan fingerprint density at radius 2 is 0.717 bits per heavy atom. The summed E-state index contributed by atoms with van der Waals surface area (Å²) in [5.41, 5.74) is 0. The minimum absolute atomic E-state index is 0.0737. The van der Waals surface area contributed by atoms with Crippen LogP contribution in [0.4, 0.5) is 0 Å². The maximum Gasteiger partial charge on any atom is 0.326 e. The Morgan fingerprint density at radius 1 is 0.383 bits per heavy atom. The summed E-state index contributed by atoms with van der Waals surface area (Å²) in [7, 11) is 0. The largest absolute Gasteiger partial charge is 0.481 e. The number of carbonyl (C=O) groups is 10. The van der Waals surface area contributed by atoms with E-state index in [1.807, 2.05) is 0 Å². The quantitative estimate of drug-likeness (QED) is 0.0342. The first-order valence-electron chi connectivity index (χ1n) is 21.6. The van der Waals surface area contributed by atoms with Crippen molar-refractivity contribution in [2.75, 3.05) is 0 Å². The summed E-state index contributed by atoms with van der Waals surface area (Å²) >= 11 is 0. The molecule has 0 fully saturated rings. The molecule has 0 rings (SSSR count). The summed E-state index contributed by atoms with van der Waals surface area (Å²) in [5, 5.41) is 51.4. The Balaban J connectivity index is 4.52. The molecule has 0 spiro atoms. The van der Waals surface area contributed by atoms with Crippen LogP contribution in [0.1, 0.15) is 181 Å². The summed E-state index contributed by atoms with van der Waals surface area (Å²) in [6.45, 7) is 3.31. The summed E-state index contributed by atoms with van der Waals surface area (Å²) in [6.07, 6.45) is 11.7. The molecular formula is C43H70N2O15. The number of ketones is 3. The third-order valence-electron chi connectivity index (χ3n) is 10.5. The molecule has 0 radical (unpaired) electrons. The van der Waals surface area contributed by atoms with Gasteiger partial charge in [-0.1, -0.05) is 90.9 Å². The van der Waals surface area contributed by atoms with Crippen LogP contribution in [-0.2, 0) is 47.9 Å². The van der Waals surface area contributed by atoms with Crippen LogP contribution in [0.15, 0.2) is 0 Å². The number of Topliss-reactive ketones (excluding diaryl/α,β-unsaturated/α-hetero) is 3. The van der Waals surface area contributed by atoms with E-state index in [4.69, 9.17) is 5.11 Å². The van der Waals surface area contributed by atoms with E-state index in [2.05, 4.69) is 10.6 Å². The third kappa shape index (κ3) is 29.5. The number of nitrogens with one attached hydrogen (secondary N) is 2. The van der Waals surface area contributed by atoms with Crippen molar-refractivity contribution in [2.45, 2.75) is 193 Å². The average Bonchev–Trinajstić information content (AvgIpc) is 3.17. The van der Waals surface area contributed by atoms with Crippen molar-refractivity contribution in [2.24, 2.45) is 17.8 Å². The van der Waals surface area contributed by atoms with E-state index in [0.29, 0.717) is 6.42 Å². The van der Waals surface area contributed by atoms with Crippen molar-refractivity contribution < 1.29 is 73.5 Å². The smallest absolute Gasteiger partial charge is 0.326 e. The molecule has 60 heavy (non-hydrogen) atoms. The average molecular weight is 855 g/mol. The van der Waals surface area contributed by atoms with Crippen LogP contribution < -0.4 is 10.6 Å². The maximum absolute atomic E-state index is 12.6. The van der Waals surface area contributed by atoms with Gasteiger partial charge < -0.3 is 36.2 Å². The first kappa shape index (κ1) is 55.3. The minimum Gasteiger partial charge on any atom is -0.481 e. The van der Waals surface area contributed by atoms with E-state index < -0.39 is 90.6 Å². The van der Waals surface area contributed by atoms with Gasteiger partial charge >= 0.3 is 29.8 Å². The van der Waals surface area contributed by atoms with Crippen molar-refractivity contribution in [3.05, 3.63) is 0 Å². The fraction of sp³-hybridized carbons (Fsp3) is 0.767. The van der Waals surface area contributed by atoms with Crippen LogP contribution in [0.5, 0.6) is 0 Å². The Kier molecular flexibility index (Phi) is 30.5. The molecular weight excluding hydrogens is 784 g/mol. The molecule has 2 amide bonds. The molecule has 17 heteroatoms. The van der Waals surface area contributed by atoms with E-state index >= 15 is 0 Å². The molecule has 0 aliphatic carbocycles. The van der Waals surface area contributed by atoms with Crippen molar-refractivity contribution in [1.29, 1.82) is 0 Å². The van der Waals surface area contributed by atoms with Gasteiger partial charge in [0.15, 0.2) is 0 Å². The van der Waals surface area contributed by atoms with Crippen LogP contribution in [0.3, 0.4) is 0 Å². The topological polar surface area (TPSA) is 296 Å². The standard InChI is InChI=1S/C43H70N2O15/c1-29(2)36(48)24-23-35(43(59)60)45-38(50)26-20-31(41(55)56)28-33(47)21-22-34(42(57)58)44-37(49)25-19-30(40(53)54)27-32(46)17-15-13-11-9-7-5-3-4-6-8-10-12-14-16-18-39(51)52/h29-31,34-35H,3-28H2,1-2H3,(H,44,49)(H,45,50)(H,51,52)(H,53,54)(H,55,56)(H,57,58)(H,59,60)/t30-,31-,34+,35+/m1/s1. The number of hydrogen-bond acceptors (Lipinski definition) is 10. The number of carboxylic acid groups (broad SMARTS) is 5. The molecule has 0 aromatic heterocycles. The van der Waals surface area contributed by atoms with Crippen LogP contribution >= 0.6 is 0 Å². The Bertz CT molecular complexity index is 1400. The highest BCUT2D eigenvalue weighted by molar-refractivity contribution is 5.88. The van der Waals surface area contributed by atoms with Gasteiger partial charge in [-0.2, -0.15) is 0 Å². The molecule has 0 unspecified atom stereocenters. The van der Waals surface area contributed by atoms with Gasteiger partial charge in [-0.05, 0) is 38.5 Å². The van der Waals surface area contributed by atoms with E-state index in [1.165, 1.54) is 25.7 Å². The van der Waals surface area contributed by atoms with Gasteiger partial charge in [0.1, 0.15) is 29.4 Å². The molecule has 0 bridgehead atoms. The minimum atomic E-state index is -1.53. The molecule has 342 valence electrons. The fourth-order valence-corrected chi connectivity index (χ4v) is 6.64. The number of amides is 2.